The van der Waals surface area contributed by atoms with E-state index in [9.17, 15) is 0 Å². The first-order valence-corrected chi connectivity index (χ1v) is 8.12. The van der Waals surface area contributed by atoms with Gasteiger partial charge in [0.1, 0.15) is 6.61 Å². The number of hydrogen-bond donors (Lipinski definition) is 3. The van der Waals surface area contributed by atoms with Crippen LogP contribution in [0.1, 0.15) is 11.3 Å². The van der Waals surface area contributed by atoms with Gasteiger partial charge in [0.15, 0.2) is 12.7 Å². The van der Waals surface area contributed by atoms with Crippen LogP contribution in [-0.4, -0.2) is 48.2 Å². The standard InChI is InChI=1S/C19H25N2O3.ClH/c22-14-11-20-10-2-1-3-18(20)7-4-17-5-8-19(9-6-17)21(12-15-23)13-16-24;/h1-10,22-24H,11-16H2;1H/q+1;/p-1. The maximum Gasteiger partial charge on any atom is 0.205 e. The molecule has 3 N–H and O–H groups in total. The van der Waals surface area contributed by atoms with Gasteiger partial charge in [0.05, 0.1) is 13.2 Å². The van der Waals surface area contributed by atoms with E-state index in [2.05, 4.69) is 0 Å². The molecule has 1 aromatic heterocycles. The van der Waals surface area contributed by atoms with Crippen LogP contribution in [0.2, 0.25) is 0 Å². The van der Waals surface area contributed by atoms with E-state index in [4.69, 9.17) is 15.3 Å². The van der Waals surface area contributed by atoms with Crippen LogP contribution >= 0.6 is 0 Å². The van der Waals surface area contributed by atoms with Gasteiger partial charge in [-0.15, -0.1) is 0 Å². The lowest BCUT2D eigenvalue weighted by Crippen LogP contribution is -3.00. The van der Waals surface area contributed by atoms with Gasteiger partial charge in [-0.05, 0) is 29.8 Å². The summed E-state index contributed by atoms with van der Waals surface area (Å²) in [5.41, 5.74) is 3.06. The first-order chi connectivity index (χ1) is 11.8. The number of rotatable bonds is 9. The van der Waals surface area contributed by atoms with Crippen molar-refractivity contribution in [2.45, 2.75) is 6.54 Å². The lowest BCUT2D eigenvalue weighted by atomic mass is 10.1. The Morgan fingerprint density at radius 2 is 1.52 bits per heavy atom. The highest BCUT2D eigenvalue weighted by molar-refractivity contribution is 5.68. The number of benzene rings is 1. The van der Waals surface area contributed by atoms with Gasteiger partial charge in [0.25, 0.3) is 0 Å². The first-order valence-electron chi connectivity index (χ1n) is 8.12. The third-order valence-electron chi connectivity index (χ3n) is 3.76. The molecule has 5 nitrogen and oxygen atoms in total. The molecule has 0 amide bonds. The predicted molar refractivity (Wildman–Crippen MR) is 95.5 cm³/mol. The summed E-state index contributed by atoms with van der Waals surface area (Å²) < 4.78 is 2.00. The molecule has 0 spiro atoms. The van der Waals surface area contributed by atoms with Gasteiger partial charge in [0.2, 0.25) is 5.69 Å². The minimum atomic E-state index is 0. The molecule has 1 aromatic carbocycles. The Bertz CT molecular complexity index is 641. The molecule has 0 fully saturated rings. The Labute approximate surface area is 154 Å². The van der Waals surface area contributed by atoms with Crippen molar-refractivity contribution in [1.82, 2.24) is 0 Å². The second-order valence-electron chi connectivity index (χ2n) is 5.40. The molecule has 136 valence electrons. The highest BCUT2D eigenvalue weighted by Crippen LogP contribution is 2.16. The molecule has 0 bridgehead atoms. The lowest BCUT2D eigenvalue weighted by molar-refractivity contribution is -0.699. The maximum absolute atomic E-state index is 9.11. The second-order valence-corrected chi connectivity index (χ2v) is 5.40. The molecule has 0 saturated carbocycles. The van der Waals surface area contributed by atoms with E-state index in [0.717, 1.165) is 16.9 Å². The predicted octanol–water partition coefficient (Wildman–Crippen LogP) is -2.07. The van der Waals surface area contributed by atoms with Crippen molar-refractivity contribution < 1.29 is 32.3 Å². The van der Waals surface area contributed by atoms with E-state index in [1.807, 2.05) is 70.3 Å². The van der Waals surface area contributed by atoms with Crippen LogP contribution in [0.25, 0.3) is 12.2 Å². The Hall–Kier alpha value is -1.92. The summed E-state index contributed by atoms with van der Waals surface area (Å²) in [6.45, 7) is 1.79. The molecule has 1 heterocycles. The molecule has 0 radical (unpaired) electrons. The van der Waals surface area contributed by atoms with Crippen molar-refractivity contribution in [3.05, 3.63) is 59.9 Å². The van der Waals surface area contributed by atoms with Crippen molar-refractivity contribution in [2.75, 3.05) is 37.8 Å². The third-order valence-corrected chi connectivity index (χ3v) is 3.76. The Kier molecular flexibility index (Phi) is 9.80. The summed E-state index contributed by atoms with van der Waals surface area (Å²) in [5.74, 6) is 0. The van der Waals surface area contributed by atoms with Gasteiger partial charge in [0, 0.05) is 37.0 Å². The van der Waals surface area contributed by atoms with Crippen LogP contribution in [0.15, 0.2) is 48.7 Å². The number of aromatic nitrogens is 1. The Morgan fingerprint density at radius 1 is 0.840 bits per heavy atom. The van der Waals surface area contributed by atoms with Crippen LogP contribution in [-0.2, 0) is 6.54 Å². The molecule has 2 rings (SSSR count). The fourth-order valence-electron chi connectivity index (χ4n) is 2.54. The molecular weight excluding hydrogens is 340 g/mol. The zero-order valence-corrected chi connectivity index (χ0v) is 14.9. The van der Waals surface area contributed by atoms with Crippen molar-refractivity contribution in [3.8, 4) is 0 Å². The molecular formula is C19H25ClN2O3. The van der Waals surface area contributed by atoms with E-state index in [1.54, 1.807) is 0 Å². The van der Waals surface area contributed by atoms with Crippen LogP contribution in [0.4, 0.5) is 5.69 Å². The molecule has 0 aliphatic rings. The maximum atomic E-state index is 9.11. The number of nitrogens with zero attached hydrogens (tertiary/aromatic N) is 2. The Morgan fingerprint density at radius 3 is 2.12 bits per heavy atom. The SMILES string of the molecule is OCCN(CCO)c1ccc(/C=C/c2cccc[n+]2CCO)cc1.[Cl-]. The molecule has 0 saturated heterocycles. The summed E-state index contributed by atoms with van der Waals surface area (Å²) in [4.78, 5) is 1.94. The molecule has 6 heteroatoms. The minimum absolute atomic E-state index is 0. The average molecular weight is 365 g/mol. The Balaban J connectivity index is 0.00000312. The molecule has 0 aliphatic carbocycles. The number of halogens is 1. The minimum Gasteiger partial charge on any atom is -1.00 e. The summed E-state index contributed by atoms with van der Waals surface area (Å²) in [7, 11) is 0. The van der Waals surface area contributed by atoms with Gasteiger partial charge in [-0.1, -0.05) is 12.1 Å². The van der Waals surface area contributed by atoms with E-state index in [1.165, 1.54) is 0 Å². The molecule has 0 atom stereocenters. The molecule has 0 unspecified atom stereocenters. The average Bonchev–Trinajstić information content (AvgIpc) is 2.62. The van der Waals surface area contributed by atoms with Gasteiger partial charge in [-0.2, -0.15) is 4.57 Å². The first kappa shape index (κ1) is 21.1. The normalized spacial score (nSPS) is 10.7. The van der Waals surface area contributed by atoms with Gasteiger partial charge in [-0.3, -0.25) is 0 Å². The van der Waals surface area contributed by atoms with Crippen molar-refractivity contribution >= 4 is 17.8 Å². The highest BCUT2D eigenvalue weighted by atomic mass is 35.5. The lowest BCUT2D eigenvalue weighted by Gasteiger charge is -2.22. The number of hydrogen-bond acceptors (Lipinski definition) is 4. The van der Waals surface area contributed by atoms with Gasteiger partial charge < -0.3 is 32.6 Å². The largest absolute Gasteiger partial charge is 1.00 e. The number of aliphatic hydroxyl groups is 3. The van der Waals surface area contributed by atoms with E-state index >= 15 is 0 Å². The highest BCUT2D eigenvalue weighted by Gasteiger charge is 2.06. The van der Waals surface area contributed by atoms with Crippen molar-refractivity contribution in [3.63, 3.8) is 0 Å². The van der Waals surface area contributed by atoms with E-state index in [-0.39, 0.29) is 32.2 Å². The molecule has 0 aliphatic heterocycles. The summed E-state index contributed by atoms with van der Waals surface area (Å²) >= 11 is 0. The fraction of sp³-hybridized carbons (Fsp3) is 0.316. The van der Waals surface area contributed by atoms with E-state index in [0.29, 0.717) is 19.6 Å². The van der Waals surface area contributed by atoms with Crippen LogP contribution in [0.5, 0.6) is 0 Å². The molecule has 2 aromatic rings. The summed E-state index contributed by atoms with van der Waals surface area (Å²) in [6.07, 6.45) is 5.99. The van der Waals surface area contributed by atoms with Crippen LogP contribution in [0.3, 0.4) is 0 Å². The third kappa shape index (κ3) is 6.48. The van der Waals surface area contributed by atoms with Crippen LogP contribution < -0.4 is 21.9 Å². The van der Waals surface area contributed by atoms with Crippen molar-refractivity contribution in [2.24, 2.45) is 0 Å². The fourth-order valence-corrected chi connectivity index (χ4v) is 2.54. The topological polar surface area (TPSA) is 67.8 Å². The zero-order chi connectivity index (χ0) is 17.2. The molecule has 25 heavy (non-hydrogen) atoms. The smallest absolute Gasteiger partial charge is 0.205 e. The number of aliphatic hydroxyl groups excluding tert-OH is 3. The summed E-state index contributed by atoms with van der Waals surface area (Å²) in [5, 5.41) is 27.3. The monoisotopic (exact) mass is 364 g/mol. The van der Waals surface area contributed by atoms with Gasteiger partial charge >= 0.3 is 0 Å². The number of anilines is 1. The second kappa shape index (κ2) is 11.6. The zero-order valence-electron chi connectivity index (χ0n) is 14.1. The van der Waals surface area contributed by atoms with E-state index < -0.39 is 0 Å². The number of pyridine rings is 1. The van der Waals surface area contributed by atoms with Gasteiger partial charge in [-0.25, -0.2) is 0 Å². The quantitative estimate of drug-likeness (QED) is 0.447. The van der Waals surface area contributed by atoms with Crippen molar-refractivity contribution in [1.29, 1.82) is 0 Å². The summed E-state index contributed by atoms with van der Waals surface area (Å²) in [6, 6.07) is 13.9. The van der Waals surface area contributed by atoms with Crippen LogP contribution in [0, 0.1) is 0 Å².